The summed E-state index contributed by atoms with van der Waals surface area (Å²) in [6.45, 7) is 2.18. The van der Waals surface area contributed by atoms with E-state index in [1.807, 2.05) is 13.1 Å². The Labute approximate surface area is 154 Å². The summed E-state index contributed by atoms with van der Waals surface area (Å²) in [4.78, 5) is 28.6. The van der Waals surface area contributed by atoms with Crippen molar-refractivity contribution < 1.29 is 19.1 Å². The van der Waals surface area contributed by atoms with Crippen LogP contribution in [0.15, 0.2) is 24.3 Å². The van der Waals surface area contributed by atoms with Gasteiger partial charge in [0.1, 0.15) is 0 Å². The van der Waals surface area contributed by atoms with Crippen LogP contribution in [0.1, 0.15) is 44.6 Å². The monoisotopic (exact) mass is 357 g/mol. The molecule has 5 heteroatoms. The maximum Gasteiger partial charge on any atom is 0.325 e. The minimum Gasteiger partial charge on any atom is -0.468 e. The Morgan fingerprint density at radius 2 is 1.69 bits per heavy atom. The van der Waals surface area contributed by atoms with Gasteiger partial charge in [-0.15, -0.1) is 0 Å². The maximum atomic E-state index is 13.2. The highest BCUT2D eigenvalue weighted by atomic mass is 16.5. The molecule has 5 nitrogen and oxygen atoms in total. The van der Waals surface area contributed by atoms with Crippen molar-refractivity contribution in [1.82, 2.24) is 0 Å². The van der Waals surface area contributed by atoms with Gasteiger partial charge >= 0.3 is 11.9 Å². The lowest BCUT2D eigenvalue weighted by Crippen LogP contribution is -2.69. The van der Waals surface area contributed by atoms with E-state index in [9.17, 15) is 9.59 Å². The number of methoxy groups -OCH3 is 2. The molecule has 0 amide bonds. The maximum absolute atomic E-state index is 13.2. The van der Waals surface area contributed by atoms with Gasteiger partial charge in [0.2, 0.25) is 0 Å². The third-order valence-corrected chi connectivity index (χ3v) is 7.64. The number of anilines is 1. The van der Waals surface area contributed by atoms with Crippen LogP contribution in [0.5, 0.6) is 0 Å². The highest BCUT2D eigenvalue weighted by Gasteiger charge is 2.82. The number of carbonyl (C=O) groups is 2. The van der Waals surface area contributed by atoms with Crippen LogP contribution < -0.4 is 4.90 Å². The van der Waals surface area contributed by atoms with Crippen LogP contribution in [0.2, 0.25) is 0 Å². The van der Waals surface area contributed by atoms with Crippen molar-refractivity contribution in [1.29, 1.82) is 0 Å². The zero-order valence-corrected chi connectivity index (χ0v) is 16.0. The van der Waals surface area contributed by atoms with Crippen molar-refractivity contribution in [2.24, 2.45) is 11.3 Å². The molecule has 0 spiro atoms. The first-order valence-corrected chi connectivity index (χ1v) is 9.44. The topological polar surface area (TPSA) is 55.8 Å². The number of esters is 2. The van der Waals surface area contributed by atoms with Crippen LogP contribution in [0.4, 0.5) is 5.69 Å². The summed E-state index contributed by atoms with van der Waals surface area (Å²) in [6, 6.07) is 8.38. The van der Waals surface area contributed by atoms with Crippen LogP contribution in [-0.2, 0) is 24.5 Å². The Kier molecular flexibility index (Phi) is 3.66. The van der Waals surface area contributed by atoms with E-state index in [2.05, 4.69) is 30.0 Å². The molecule has 1 aliphatic heterocycles. The minimum atomic E-state index is -1.30. The van der Waals surface area contributed by atoms with Gasteiger partial charge in [0.15, 0.2) is 5.41 Å². The summed E-state index contributed by atoms with van der Waals surface area (Å²) in [5.74, 6) is -0.744. The molecule has 3 aliphatic rings. The largest absolute Gasteiger partial charge is 0.468 e. The van der Waals surface area contributed by atoms with Gasteiger partial charge in [0, 0.05) is 18.2 Å². The third kappa shape index (κ3) is 1.55. The van der Waals surface area contributed by atoms with Gasteiger partial charge in [0.05, 0.1) is 19.8 Å². The average Bonchev–Trinajstić information content (AvgIpc) is 3.07. The zero-order valence-electron chi connectivity index (χ0n) is 16.0. The number of likely N-dealkylation sites (N-methyl/N-ethyl adjacent to an activating group) is 1. The second-order valence-electron chi connectivity index (χ2n) is 8.11. The summed E-state index contributed by atoms with van der Waals surface area (Å²) in [5, 5.41) is 0. The smallest absolute Gasteiger partial charge is 0.325 e. The fourth-order valence-corrected chi connectivity index (χ4v) is 6.93. The van der Waals surface area contributed by atoms with Gasteiger partial charge in [-0.1, -0.05) is 38.0 Å². The number of para-hydroxylation sites is 1. The highest BCUT2D eigenvalue weighted by Crippen LogP contribution is 2.73. The average molecular weight is 357 g/mol. The van der Waals surface area contributed by atoms with Gasteiger partial charge in [-0.25, -0.2) is 0 Å². The molecule has 0 radical (unpaired) electrons. The normalized spacial score (nSPS) is 33.8. The van der Waals surface area contributed by atoms with E-state index in [0.717, 1.165) is 31.4 Å². The molecule has 0 N–H and O–H groups in total. The SMILES string of the molecule is COC(=O)C1(C(=O)OC)C[C@H](C)[C@@]23CCCC[C@@]12N(C)c1ccccc13. The summed E-state index contributed by atoms with van der Waals surface area (Å²) < 4.78 is 10.5. The van der Waals surface area contributed by atoms with Gasteiger partial charge in [-0.2, -0.15) is 0 Å². The molecule has 1 aromatic carbocycles. The second kappa shape index (κ2) is 5.48. The van der Waals surface area contributed by atoms with E-state index in [-0.39, 0.29) is 11.3 Å². The standard InChI is InChI=1S/C21H27NO4/c1-14-13-20(17(23)25-3,18(24)26-4)21-12-8-7-11-19(14,21)15-9-5-6-10-16(15)22(21)2/h5-6,9-10,14H,7-8,11-13H2,1-4H3/t14-,19+,21-/m0/s1. The number of rotatable bonds is 2. The van der Waals surface area contributed by atoms with E-state index >= 15 is 0 Å². The van der Waals surface area contributed by atoms with Crippen LogP contribution in [-0.4, -0.2) is 38.7 Å². The van der Waals surface area contributed by atoms with Crippen molar-refractivity contribution in [3.05, 3.63) is 29.8 Å². The van der Waals surface area contributed by atoms with Crippen molar-refractivity contribution in [2.45, 2.75) is 50.0 Å². The molecular weight excluding hydrogens is 330 g/mol. The van der Waals surface area contributed by atoms with E-state index < -0.39 is 22.9 Å². The molecule has 26 heavy (non-hydrogen) atoms. The fourth-order valence-electron chi connectivity index (χ4n) is 6.93. The van der Waals surface area contributed by atoms with Gasteiger partial charge < -0.3 is 14.4 Å². The molecule has 0 saturated heterocycles. The third-order valence-electron chi connectivity index (χ3n) is 7.64. The van der Waals surface area contributed by atoms with Gasteiger partial charge in [-0.3, -0.25) is 9.59 Å². The van der Waals surface area contributed by atoms with Gasteiger partial charge in [-0.05, 0) is 36.8 Å². The molecule has 1 aromatic rings. The van der Waals surface area contributed by atoms with Crippen LogP contribution in [0.3, 0.4) is 0 Å². The van der Waals surface area contributed by atoms with E-state index in [1.165, 1.54) is 19.8 Å². The highest BCUT2D eigenvalue weighted by molar-refractivity contribution is 6.04. The molecule has 3 atom stereocenters. The molecular formula is C21H27NO4. The lowest BCUT2D eigenvalue weighted by atomic mass is 9.53. The van der Waals surface area contributed by atoms with Crippen LogP contribution in [0.25, 0.3) is 0 Å². The number of carbonyl (C=O) groups excluding carboxylic acids is 2. The Balaban J connectivity index is 2.09. The second-order valence-corrected chi connectivity index (χ2v) is 8.11. The Hall–Kier alpha value is -2.04. The van der Waals surface area contributed by atoms with E-state index in [4.69, 9.17) is 9.47 Å². The molecule has 0 unspecified atom stereocenters. The lowest BCUT2D eigenvalue weighted by Gasteiger charge is -2.55. The summed E-state index contributed by atoms with van der Waals surface area (Å²) >= 11 is 0. The molecule has 2 fully saturated rings. The molecule has 2 aliphatic carbocycles. The van der Waals surface area contributed by atoms with Crippen molar-refractivity contribution in [2.75, 3.05) is 26.2 Å². The Morgan fingerprint density at radius 3 is 2.35 bits per heavy atom. The molecule has 4 rings (SSSR count). The predicted octanol–water partition coefficient (Wildman–Crippen LogP) is 3.06. The molecule has 1 heterocycles. The number of hydrogen-bond acceptors (Lipinski definition) is 5. The zero-order chi connectivity index (χ0) is 18.7. The van der Waals surface area contributed by atoms with Gasteiger partial charge in [0.25, 0.3) is 0 Å². The summed E-state index contributed by atoms with van der Waals surface area (Å²) in [7, 11) is 4.78. The van der Waals surface area contributed by atoms with Crippen molar-refractivity contribution in [3.8, 4) is 0 Å². The summed E-state index contributed by atoms with van der Waals surface area (Å²) in [6.07, 6.45) is 4.32. The molecule has 140 valence electrons. The Bertz CT molecular complexity index is 759. The predicted molar refractivity (Wildman–Crippen MR) is 98.0 cm³/mol. The first kappa shape index (κ1) is 17.4. The number of nitrogens with zero attached hydrogens (tertiary/aromatic N) is 1. The number of ether oxygens (including phenoxy) is 2. The molecule has 2 saturated carbocycles. The van der Waals surface area contributed by atoms with Crippen LogP contribution in [0, 0.1) is 11.3 Å². The first-order valence-electron chi connectivity index (χ1n) is 9.44. The number of benzene rings is 1. The Morgan fingerprint density at radius 1 is 1.08 bits per heavy atom. The minimum absolute atomic E-state index is 0.173. The number of hydrogen-bond donors (Lipinski definition) is 0. The first-order chi connectivity index (χ1) is 12.4. The molecule has 0 bridgehead atoms. The van der Waals surface area contributed by atoms with Crippen molar-refractivity contribution >= 4 is 17.6 Å². The van der Waals surface area contributed by atoms with Crippen LogP contribution >= 0.6 is 0 Å². The fraction of sp³-hybridized carbons (Fsp3) is 0.619. The lowest BCUT2D eigenvalue weighted by molar-refractivity contribution is -0.175. The summed E-state index contributed by atoms with van der Waals surface area (Å²) in [5.41, 5.74) is 0.215. The van der Waals surface area contributed by atoms with E-state index in [1.54, 1.807) is 0 Å². The molecule has 0 aromatic heterocycles. The quantitative estimate of drug-likeness (QED) is 0.601. The van der Waals surface area contributed by atoms with Crippen molar-refractivity contribution in [3.63, 3.8) is 0 Å². The van der Waals surface area contributed by atoms with E-state index in [0.29, 0.717) is 6.42 Å². The number of fused-ring (bicyclic) bond motifs is 1.